The Bertz CT molecular complexity index is 750. The van der Waals surface area contributed by atoms with Crippen molar-refractivity contribution in [2.45, 2.75) is 6.42 Å². The second kappa shape index (κ2) is 4.36. The highest BCUT2D eigenvalue weighted by atomic mass is 35.5. The Morgan fingerprint density at radius 3 is 3.05 bits per heavy atom. The maximum Gasteiger partial charge on any atom is 0.272 e. The Kier molecular flexibility index (Phi) is 2.80. The van der Waals surface area contributed by atoms with E-state index in [4.69, 9.17) is 0 Å². The van der Waals surface area contributed by atoms with Crippen LogP contribution in [0.4, 0.5) is 5.69 Å². The van der Waals surface area contributed by atoms with Gasteiger partial charge in [-0.05, 0) is 25.1 Å². The fraction of sp³-hybridized carbons (Fsp3) is 0.231. The van der Waals surface area contributed by atoms with Crippen LogP contribution < -0.4 is 16.2 Å². The zero-order valence-electron chi connectivity index (χ0n) is 10.1. The summed E-state index contributed by atoms with van der Waals surface area (Å²) in [5, 5.41) is 15.3. The third-order valence-corrected chi connectivity index (χ3v) is 3.60. The number of hydrogen-bond donors (Lipinski definition) is 3. The summed E-state index contributed by atoms with van der Waals surface area (Å²) in [6.07, 6.45) is 0.935. The molecule has 0 saturated heterocycles. The Morgan fingerprint density at radius 1 is 1.26 bits per heavy atom. The third-order valence-electron chi connectivity index (χ3n) is 3.60. The molecule has 2 aromatic rings. The van der Waals surface area contributed by atoms with Crippen molar-refractivity contribution in [2.75, 3.05) is 18.4 Å². The lowest BCUT2D eigenvalue weighted by Gasteiger charge is -2.27. The molecule has 2 aliphatic heterocycles. The fourth-order valence-corrected chi connectivity index (χ4v) is 2.77. The zero-order valence-corrected chi connectivity index (χ0v) is 10.9. The average Bonchev–Trinajstić information content (AvgIpc) is 2.42. The molecule has 19 heavy (non-hydrogen) atoms. The summed E-state index contributed by atoms with van der Waals surface area (Å²) in [5.74, 6) is 0. The van der Waals surface area contributed by atoms with Crippen molar-refractivity contribution in [3.63, 3.8) is 0 Å². The highest BCUT2D eigenvalue weighted by Gasteiger charge is 2.24. The van der Waals surface area contributed by atoms with E-state index in [1.54, 1.807) is 0 Å². The van der Waals surface area contributed by atoms with Crippen LogP contribution in [-0.2, 0) is 0 Å². The summed E-state index contributed by atoms with van der Waals surface area (Å²) in [4.78, 5) is 11.8. The van der Waals surface area contributed by atoms with Gasteiger partial charge in [-0.2, -0.15) is 5.10 Å². The minimum Gasteiger partial charge on any atom is -0.357 e. The molecule has 3 heterocycles. The van der Waals surface area contributed by atoms with E-state index in [-0.39, 0.29) is 18.0 Å². The minimum atomic E-state index is -0.129. The summed E-state index contributed by atoms with van der Waals surface area (Å²) in [7, 11) is 0. The van der Waals surface area contributed by atoms with Crippen molar-refractivity contribution < 1.29 is 0 Å². The molecule has 0 radical (unpaired) electrons. The largest absolute Gasteiger partial charge is 0.357 e. The second-order valence-corrected chi connectivity index (χ2v) is 4.64. The highest BCUT2D eigenvalue weighted by molar-refractivity contribution is 6.04. The predicted molar refractivity (Wildman–Crippen MR) is 77.6 cm³/mol. The van der Waals surface area contributed by atoms with Crippen molar-refractivity contribution in [3.05, 3.63) is 39.9 Å². The van der Waals surface area contributed by atoms with Crippen LogP contribution in [0.1, 0.15) is 12.1 Å². The normalized spacial score (nSPS) is 16.6. The van der Waals surface area contributed by atoms with Gasteiger partial charge < -0.3 is 10.6 Å². The Labute approximate surface area is 115 Å². The van der Waals surface area contributed by atoms with Gasteiger partial charge in [-0.25, -0.2) is 5.10 Å². The van der Waals surface area contributed by atoms with E-state index in [1.807, 2.05) is 18.2 Å². The van der Waals surface area contributed by atoms with Crippen LogP contribution in [0, 0.1) is 0 Å². The monoisotopic (exact) mass is 276 g/mol. The molecule has 0 fully saturated rings. The Hall–Kier alpha value is -1.85. The van der Waals surface area contributed by atoms with Gasteiger partial charge in [0, 0.05) is 28.9 Å². The van der Waals surface area contributed by atoms with Gasteiger partial charge in [0.05, 0.1) is 11.1 Å². The first-order chi connectivity index (χ1) is 8.84. The molecule has 0 amide bonds. The van der Waals surface area contributed by atoms with Crippen molar-refractivity contribution in [3.8, 4) is 0 Å². The van der Waals surface area contributed by atoms with Crippen molar-refractivity contribution in [1.29, 1.82) is 0 Å². The number of aromatic amines is 1. The van der Waals surface area contributed by atoms with Gasteiger partial charge in [0.25, 0.3) is 5.56 Å². The van der Waals surface area contributed by atoms with Crippen LogP contribution in [0.2, 0.25) is 0 Å². The van der Waals surface area contributed by atoms with Gasteiger partial charge in [-0.15, -0.1) is 12.4 Å². The summed E-state index contributed by atoms with van der Waals surface area (Å²) in [6.45, 7) is 1.77. The zero-order chi connectivity index (χ0) is 12.1. The molecule has 0 aliphatic carbocycles. The van der Waals surface area contributed by atoms with E-state index in [2.05, 4.69) is 20.8 Å². The van der Waals surface area contributed by atoms with Gasteiger partial charge >= 0.3 is 0 Å². The van der Waals surface area contributed by atoms with Crippen molar-refractivity contribution in [1.82, 2.24) is 15.5 Å². The highest BCUT2D eigenvalue weighted by Crippen LogP contribution is 2.36. The lowest BCUT2D eigenvalue weighted by molar-refractivity contribution is 0.711. The maximum absolute atomic E-state index is 11.8. The molecular weight excluding hydrogens is 264 g/mol. The summed E-state index contributed by atoms with van der Waals surface area (Å²) in [5.41, 5.74) is 4.16. The number of nitrogens with one attached hydrogen (secondary N) is 3. The van der Waals surface area contributed by atoms with Crippen LogP contribution in [0.15, 0.2) is 28.7 Å². The number of fused-ring (bicyclic) bond motifs is 1. The maximum atomic E-state index is 11.8. The minimum absolute atomic E-state index is 0. The number of benzene rings is 1. The molecule has 1 aromatic heterocycles. The van der Waals surface area contributed by atoms with Crippen LogP contribution in [0.5, 0.6) is 0 Å². The molecule has 0 spiro atoms. The number of rotatable bonds is 0. The van der Waals surface area contributed by atoms with E-state index >= 15 is 0 Å². The number of hydrogen-bond acceptors (Lipinski definition) is 4. The van der Waals surface area contributed by atoms with E-state index < -0.39 is 0 Å². The molecule has 6 heteroatoms. The molecular formula is C13H13ClN4O. The molecule has 5 nitrogen and oxygen atoms in total. The quantitative estimate of drug-likeness (QED) is 0.682. The molecule has 0 saturated carbocycles. The molecule has 0 bridgehead atoms. The number of H-pyrrole nitrogens is 1. The SMILES string of the molecule is Cl.O=c1[nH]nc2c3c(cccc13)NC1=C2CCNC1. The van der Waals surface area contributed by atoms with Crippen LogP contribution in [-0.4, -0.2) is 23.3 Å². The number of anilines is 1. The van der Waals surface area contributed by atoms with E-state index in [9.17, 15) is 4.79 Å². The smallest absolute Gasteiger partial charge is 0.272 e. The summed E-state index contributed by atoms with van der Waals surface area (Å²) >= 11 is 0. The van der Waals surface area contributed by atoms with Crippen LogP contribution >= 0.6 is 12.4 Å². The molecule has 2 aliphatic rings. The third kappa shape index (κ3) is 1.66. The van der Waals surface area contributed by atoms with E-state index in [0.717, 1.165) is 36.3 Å². The summed E-state index contributed by atoms with van der Waals surface area (Å²) in [6, 6.07) is 5.73. The van der Waals surface area contributed by atoms with Gasteiger partial charge in [-0.1, -0.05) is 6.07 Å². The van der Waals surface area contributed by atoms with Crippen LogP contribution in [0.25, 0.3) is 16.3 Å². The number of nitrogens with zero attached hydrogens (tertiary/aromatic N) is 1. The Balaban J connectivity index is 0.00000110. The lowest BCUT2D eigenvalue weighted by atomic mass is 9.94. The van der Waals surface area contributed by atoms with E-state index in [1.165, 1.54) is 11.3 Å². The standard InChI is InChI=1S/C13H12N4O.ClH/c18-13-8-2-1-3-9-11(8)12(16-17-13)7-4-5-14-6-10(7)15-9;/h1-3,14-15H,4-6H2,(H,17,18);1H. The van der Waals surface area contributed by atoms with Gasteiger partial charge in [-0.3, -0.25) is 4.79 Å². The lowest BCUT2D eigenvalue weighted by Crippen LogP contribution is -2.30. The number of halogens is 1. The predicted octanol–water partition coefficient (Wildman–Crippen LogP) is 1.47. The first-order valence-electron chi connectivity index (χ1n) is 6.06. The molecule has 4 rings (SSSR count). The molecule has 0 atom stereocenters. The van der Waals surface area contributed by atoms with Gasteiger partial charge in [0.1, 0.15) is 0 Å². The molecule has 98 valence electrons. The average molecular weight is 277 g/mol. The van der Waals surface area contributed by atoms with Crippen molar-refractivity contribution in [2.24, 2.45) is 0 Å². The molecule has 0 unspecified atom stereocenters. The summed E-state index contributed by atoms with van der Waals surface area (Å²) < 4.78 is 0. The Morgan fingerprint density at radius 2 is 2.16 bits per heavy atom. The second-order valence-electron chi connectivity index (χ2n) is 4.64. The number of aromatic nitrogens is 2. The van der Waals surface area contributed by atoms with Gasteiger partial charge in [0.2, 0.25) is 0 Å². The van der Waals surface area contributed by atoms with E-state index in [0.29, 0.717) is 5.39 Å². The van der Waals surface area contributed by atoms with Crippen LogP contribution in [0.3, 0.4) is 0 Å². The topological polar surface area (TPSA) is 69.8 Å². The fourth-order valence-electron chi connectivity index (χ4n) is 2.77. The molecule has 1 aromatic carbocycles. The first-order valence-corrected chi connectivity index (χ1v) is 6.06. The molecule has 3 N–H and O–H groups in total. The van der Waals surface area contributed by atoms with Crippen molar-refractivity contribution >= 4 is 34.4 Å². The first kappa shape index (κ1) is 12.2. The van der Waals surface area contributed by atoms with Gasteiger partial charge in [0.15, 0.2) is 0 Å².